The van der Waals surface area contributed by atoms with E-state index in [0.717, 1.165) is 59.3 Å². The highest BCUT2D eigenvalue weighted by Crippen LogP contribution is 2.17. The monoisotopic (exact) mass is 984 g/mol. The van der Waals surface area contributed by atoms with Gasteiger partial charge >= 0.3 is 0 Å². The number of hydrogen-bond donors (Lipinski definition) is 0. The van der Waals surface area contributed by atoms with Crippen molar-refractivity contribution in [1.82, 2.24) is 70.2 Å². The maximum Gasteiger partial charge on any atom is 0.203 e. The lowest BCUT2D eigenvalue weighted by molar-refractivity contribution is 0.818. The van der Waals surface area contributed by atoms with E-state index in [-0.39, 0.29) is 0 Å². The van der Waals surface area contributed by atoms with Crippen LogP contribution in [0.4, 0.5) is 11.4 Å². The lowest BCUT2D eigenvalue weighted by Crippen LogP contribution is -1.99. The zero-order chi connectivity index (χ0) is 51.5. The topological polar surface area (TPSA) is 205 Å². The summed E-state index contributed by atoms with van der Waals surface area (Å²) in [4.78, 5) is 39.5. The Morgan fingerprint density at radius 2 is 0.480 bits per heavy atom. The Hall–Kier alpha value is -10.2. The Morgan fingerprint density at radius 3 is 0.760 bits per heavy atom. The van der Waals surface area contributed by atoms with Crippen molar-refractivity contribution in [2.24, 2.45) is 10.2 Å². The van der Waals surface area contributed by atoms with E-state index in [1.165, 1.54) is 28.7 Å². The summed E-state index contributed by atoms with van der Waals surface area (Å²) >= 11 is 0. The standard InChI is InChI=1S/C13H14N2.C12H8N6.C12H12N2.C12H10N2.C10H8N4/c1(2-12-4-8-14-9-5-12)3-13-6-10-15-11-7-13;1-5-13-6-2-9(1)11-15-17-12(18-16-11)10-3-7-14-8-4-10;2*1(11-3-7-13-8-4-11)2-12-5-9-14-10-6-12;1-5-11-6-2-9(1)13-14-10-3-7-12-8-4-10/h4-11H,1-3H2;1-8H;3-10H,1-2H2;1-10H;1-8H/b;;;2-1+;. The maximum absolute atomic E-state index is 4.05. The molecule has 11 heterocycles. The molecule has 16 heteroatoms. The van der Waals surface area contributed by atoms with Gasteiger partial charge in [0.1, 0.15) is 0 Å². The van der Waals surface area contributed by atoms with Gasteiger partial charge in [0, 0.05) is 135 Å². The first-order chi connectivity index (χ1) is 37.2. The molecule has 0 amide bonds. The Labute approximate surface area is 435 Å². The summed E-state index contributed by atoms with van der Waals surface area (Å²) < 4.78 is 0. The second-order valence-electron chi connectivity index (χ2n) is 15.8. The Kier molecular flexibility index (Phi) is 22.4. The van der Waals surface area contributed by atoms with E-state index in [4.69, 9.17) is 0 Å². The van der Waals surface area contributed by atoms with Crippen LogP contribution in [-0.2, 0) is 25.7 Å². The molecule has 0 N–H and O–H groups in total. The summed E-state index contributed by atoms with van der Waals surface area (Å²) in [5, 5.41) is 24.3. The highest BCUT2D eigenvalue weighted by molar-refractivity contribution is 5.69. The molecule has 0 aromatic carbocycles. The van der Waals surface area contributed by atoms with Crippen LogP contribution < -0.4 is 0 Å². The van der Waals surface area contributed by atoms with E-state index in [1.54, 1.807) is 98.6 Å². The molecule has 0 radical (unpaired) electrons. The van der Waals surface area contributed by atoms with Crippen LogP contribution in [0.25, 0.3) is 34.9 Å². The summed E-state index contributed by atoms with van der Waals surface area (Å²) in [6, 6.07) is 38.8. The molecule has 75 heavy (non-hydrogen) atoms. The van der Waals surface area contributed by atoms with Crippen LogP contribution in [0.15, 0.2) is 255 Å². The summed E-state index contributed by atoms with van der Waals surface area (Å²) in [5.74, 6) is 0.963. The van der Waals surface area contributed by atoms with Gasteiger partial charge in [0.05, 0.1) is 11.4 Å². The smallest absolute Gasteiger partial charge is 0.203 e. The van der Waals surface area contributed by atoms with Gasteiger partial charge in [-0.15, -0.1) is 20.4 Å². The maximum atomic E-state index is 4.05. The second kappa shape index (κ2) is 31.9. The summed E-state index contributed by atoms with van der Waals surface area (Å²) in [5.41, 5.74) is 10.9. The van der Waals surface area contributed by atoms with Crippen molar-refractivity contribution in [3.63, 3.8) is 0 Å². The molecule has 0 fully saturated rings. The van der Waals surface area contributed by atoms with E-state index < -0.39 is 0 Å². The number of aryl methyl sites for hydroxylation is 4. The van der Waals surface area contributed by atoms with Crippen molar-refractivity contribution in [3.05, 3.63) is 279 Å². The van der Waals surface area contributed by atoms with Gasteiger partial charge in [0.15, 0.2) is 0 Å². The van der Waals surface area contributed by atoms with Crippen LogP contribution >= 0.6 is 0 Å². The first kappa shape index (κ1) is 52.6. The number of hydrogen-bond acceptors (Lipinski definition) is 16. The van der Waals surface area contributed by atoms with Crippen LogP contribution in [0, 0.1) is 0 Å². The largest absolute Gasteiger partial charge is 0.265 e. The highest BCUT2D eigenvalue weighted by Gasteiger charge is 2.06. The predicted molar refractivity (Wildman–Crippen MR) is 291 cm³/mol. The molecule has 0 aliphatic heterocycles. The Morgan fingerprint density at radius 1 is 0.253 bits per heavy atom. The molecule has 0 aliphatic carbocycles. The van der Waals surface area contributed by atoms with Crippen molar-refractivity contribution in [1.29, 1.82) is 0 Å². The van der Waals surface area contributed by atoms with Crippen molar-refractivity contribution in [3.8, 4) is 22.8 Å². The molecule has 11 aromatic heterocycles. The van der Waals surface area contributed by atoms with Crippen molar-refractivity contribution < 1.29 is 0 Å². The average Bonchev–Trinajstić information content (AvgIpc) is 3.51. The van der Waals surface area contributed by atoms with Gasteiger partial charge in [-0.3, -0.25) is 49.8 Å². The zero-order valence-corrected chi connectivity index (χ0v) is 40.9. The normalized spacial score (nSPS) is 10.3. The van der Waals surface area contributed by atoms with Crippen LogP contribution in [0.2, 0.25) is 0 Å². The van der Waals surface area contributed by atoms with Crippen LogP contribution in [-0.4, -0.2) is 70.2 Å². The van der Waals surface area contributed by atoms with Gasteiger partial charge in [0.2, 0.25) is 11.6 Å². The van der Waals surface area contributed by atoms with Crippen molar-refractivity contribution >= 4 is 23.5 Å². The fourth-order valence-electron chi connectivity index (χ4n) is 6.52. The van der Waals surface area contributed by atoms with Crippen molar-refractivity contribution in [2.45, 2.75) is 32.1 Å². The summed E-state index contributed by atoms with van der Waals surface area (Å²) in [7, 11) is 0. The number of azo groups is 1. The van der Waals surface area contributed by atoms with Gasteiger partial charge in [-0.25, -0.2) is 0 Å². The number of pyridine rings is 10. The van der Waals surface area contributed by atoms with Crippen LogP contribution in [0.5, 0.6) is 0 Å². The SMILES string of the molecule is C(=C\c1ccncc1)/c1ccncc1.c1cc(-c2nnc(-c3ccncc3)nn2)ccn1.c1cc(CCCc2ccncc2)ccn1.c1cc(CCc2ccncc2)ccn1.c1cc(N=Nc2ccncc2)ccn1. The molecular weight excluding hydrogens is 933 g/mol. The molecule has 0 saturated carbocycles. The van der Waals surface area contributed by atoms with E-state index in [1.807, 2.05) is 98.1 Å². The minimum atomic E-state index is 0.482. The fourth-order valence-corrected chi connectivity index (χ4v) is 6.52. The first-order valence-corrected chi connectivity index (χ1v) is 23.9. The molecule has 368 valence electrons. The molecule has 0 aliphatic rings. The highest BCUT2D eigenvalue weighted by atomic mass is 15.3. The molecule has 0 spiro atoms. The molecule has 16 nitrogen and oxygen atoms in total. The summed E-state index contributed by atoms with van der Waals surface area (Å²) in [6.45, 7) is 0. The van der Waals surface area contributed by atoms with Gasteiger partial charge in [-0.2, -0.15) is 10.2 Å². The Balaban J connectivity index is 0.000000137. The molecule has 11 aromatic rings. The van der Waals surface area contributed by atoms with Gasteiger partial charge in [0.25, 0.3) is 0 Å². The minimum Gasteiger partial charge on any atom is -0.265 e. The van der Waals surface area contributed by atoms with Crippen LogP contribution in [0.1, 0.15) is 39.8 Å². The minimum absolute atomic E-state index is 0.482. The van der Waals surface area contributed by atoms with E-state index in [0.29, 0.717) is 11.6 Å². The van der Waals surface area contributed by atoms with E-state index in [2.05, 4.69) is 141 Å². The van der Waals surface area contributed by atoms with Crippen LogP contribution in [0.3, 0.4) is 0 Å². The quantitative estimate of drug-likeness (QED) is 0.0986. The lowest BCUT2D eigenvalue weighted by atomic mass is 10.1. The van der Waals surface area contributed by atoms with Gasteiger partial charge in [-0.1, -0.05) is 12.2 Å². The average molecular weight is 985 g/mol. The van der Waals surface area contributed by atoms with E-state index in [9.17, 15) is 0 Å². The molecule has 0 unspecified atom stereocenters. The molecule has 11 rings (SSSR count). The zero-order valence-electron chi connectivity index (χ0n) is 40.9. The van der Waals surface area contributed by atoms with E-state index >= 15 is 0 Å². The first-order valence-electron chi connectivity index (χ1n) is 23.9. The third-order valence-corrected chi connectivity index (χ3v) is 10.5. The fraction of sp³-hybridized carbons (Fsp3) is 0.0847. The third-order valence-electron chi connectivity index (χ3n) is 10.5. The lowest BCUT2D eigenvalue weighted by Gasteiger charge is -2.01. The number of nitrogens with zero attached hydrogens (tertiary/aromatic N) is 16. The molecule has 0 saturated heterocycles. The third kappa shape index (κ3) is 20.6. The Bertz CT molecular complexity index is 2930. The van der Waals surface area contributed by atoms with Gasteiger partial charge in [-0.05, 0) is 187 Å². The molecule has 0 atom stereocenters. The number of rotatable bonds is 13. The van der Waals surface area contributed by atoms with Gasteiger partial charge < -0.3 is 0 Å². The summed E-state index contributed by atoms with van der Waals surface area (Å²) in [6.07, 6.45) is 44.9. The molecule has 0 bridgehead atoms. The van der Waals surface area contributed by atoms with Crippen molar-refractivity contribution in [2.75, 3.05) is 0 Å². The number of aromatic nitrogens is 14. The predicted octanol–water partition coefficient (Wildman–Crippen LogP) is 11.8. The molecular formula is C59H52N16. The second-order valence-corrected chi connectivity index (χ2v) is 15.8.